The minimum Gasteiger partial charge on any atom is -0.497 e. The lowest BCUT2D eigenvalue weighted by Crippen LogP contribution is -2.57. The summed E-state index contributed by atoms with van der Waals surface area (Å²) in [6, 6.07) is 18.4. The van der Waals surface area contributed by atoms with E-state index in [4.69, 9.17) is 4.74 Å². The quantitative estimate of drug-likeness (QED) is 0.486. The maximum Gasteiger partial charge on any atom is 0.233 e. The Kier molecular flexibility index (Phi) is 6.21. The Morgan fingerprint density at radius 2 is 1.87 bits per heavy atom. The minimum absolute atomic E-state index is 0.0133. The number of rotatable bonds is 7. The first kappa shape index (κ1) is 20.6. The van der Waals surface area contributed by atoms with Crippen LogP contribution < -0.4 is 4.74 Å². The fourth-order valence-electron chi connectivity index (χ4n) is 5.35. The van der Waals surface area contributed by atoms with Gasteiger partial charge >= 0.3 is 0 Å². The zero-order valence-corrected chi connectivity index (χ0v) is 17.8. The number of imide groups is 1. The average Bonchev–Trinajstić information content (AvgIpc) is 2.79. The lowest BCUT2D eigenvalue weighted by Gasteiger charge is -2.49. The first-order chi connectivity index (χ1) is 14.6. The van der Waals surface area contributed by atoms with E-state index in [2.05, 4.69) is 18.2 Å². The number of methoxy groups -OCH3 is 1. The number of hydrogen-bond acceptors (Lipinski definition) is 3. The van der Waals surface area contributed by atoms with Crippen LogP contribution in [0.4, 0.5) is 0 Å². The normalized spacial score (nSPS) is 23.9. The molecule has 4 nitrogen and oxygen atoms in total. The topological polar surface area (TPSA) is 46.6 Å². The summed E-state index contributed by atoms with van der Waals surface area (Å²) < 4.78 is 5.42. The molecule has 1 saturated heterocycles. The lowest BCUT2D eigenvalue weighted by molar-refractivity contribution is -0.158. The first-order valence-corrected chi connectivity index (χ1v) is 11.2. The summed E-state index contributed by atoms with van der Waals surface area (Å²) in [4.78, 5) is 28.1. The summed E-state index contributed by atoms with van der Waals surface area (Å²) >= 11 is 0. The number of hydrogen-bond donors (Lipinski definition) is 0. The maximum atomic E-state index is 13.4. The highest BCUT2D eigenvalue weighted by Gasteiger charge is 2.53. The zero-order valence-electron chi connectivity index (χ0n) is 17.8. The fourth-order valence-corrected chi connectivity index (χ4v) is 5.35. The van der Waals surface area contributed by atoms with Gasteiger partial charge in [0, 0.05) is 24.3 Å². The van der Waals surface area contributed by atoms with Gasteiger partial charge in [-0.2, -0.15) is 0 Å². The van der Waals surface area contributed by atoms with Crippen LogP contribution in [0.1, 0.15) is 56.1 Å². The summed E-state index contributed by atoms with van der Waals surface area (Å²) in [5.41, 5.74) is 2.01. The molecule has 0 spiro atoms. The van der Waals surface area contributed by atoms with Gasteiger partial charge < -0.3 is 4.74 Å². The third-order valence-corrected chi connectivity index (χ3v) is 6.95. The number of piperidine rings is 1. The van der Waals surface area contributed by atoms with E-state index in [9.17, 15) is 9.59 Å². The van der Waals surface area contributed by atoms with Crippen molar-refractivity contribution in [2.45, 2.75) is 56.8 Å². The lowest BCUT2D eigenvalue weighted by atomic mass is 9.58. The van der Waals surface area contributed by atoms with Crippen molar-refractivity contribution >= 4 is 11.8 Å². The third-order valence-electron chi connectivity index (χ3n) is 6.95. The molecule has 1 aliphatic carbocycles. The molecule has 30 heavy (non-hydrogen) atoms. The Labute approximate surface area is 179 Å². The first-order valence-electron chi connectivity index (χ1n) is 11.2. The monoisotopic (exact) mass is 405 g/mol. The number of nitrogens with zero attached hydrogens (tertiary/aromatic N) is 1. The molecule has 2 fully saturated rings. The molecule has 0 N–H and O–H groups in total. The fraction of sp³-hybridized carbons (Fsp3) is 0.462. The number of aryl methyl sites for hydroxylation is 1. The van der Waals surface area contributed by atoms with Crippen LogP contribution in [0.15, 0.2) is 54.6 Å². The Hall–Kier alpha value is -2.62. The molecule has 1 saturated carbocycles. The number of ether oxygens (including phenoxy) is 1. The van der Waals surface area contributed by atoms with Crippen LogP contribution in [0.2, 0.25) is 0 Å². The molecule has 0 radical (unpaired) electrons. The molecule has 2 amide bonds. The van der Waals surface area contributed by atoms with Crippen LogP contribution in [-0.2, 0) is 21.4 Å². The second-order valence-corrected chi connectivity index (χ2v) is 8.69. The van der Waals surface area contributed by atoms with Gasteiger partial charge in [-0.3, -0.25) is 14.5 Å². The molecule has 0 unspecified atom stereocenters. The van der Waals surface area contributed by atoms with Crippen LogP contribution in [-0.4, -0.2) is 30.4 Å². The van der Waals surface area contributed by atoms with E-state index in [1.54, 1.807) is 12.0 Å². The Morgan fingerprint density at radius 3 is 2.67 bits per heavy atom. The van der Waals surface area contributed by atoms with Crippen LogP contribution in [0, 0.1) is 5.92 Å². The van der Waals surface area contributed by atoms with E-state index in [0.29, 0.717) is 13.0 Å². The average molecular weight is 406 g/mol. The second kappa shape index (κ2) is 9.03. The number of amides is 2. The van der Waals surface area contributed by atoms with E-state index in [0.717, 1.165) is 56.3 Å². The molecule has 4 rings (SSSR count). The van der Waals surface area contributed by atoms with Crippen LogP contribution >= 0.6 is 0 Å². The largest absolute Gasteiger partial charge is 0.497 e. The highest BCUT2D eigenvalue weighted by molar-refractivity contribution is 6.01. The number of fused-ring (bicyclic) bond motifs is 1. The van der Waals surface area contributed by atoms with Gasteiger partial charge in [0.05, 0.1) is 7.11 Å². The number of carbonyl (C=O) groups excluding carboxylic acids is 2. The van der Waals surface area contributed by atoms with E-state index < -0.39 is 0 Å². The van der Waals surface area contributed by atoms with Gasteiger partial charge in [0.1, 0.15) is 5.75 Å². The molecule has 2 aromatic carbocycles. The maximum absolute atomic E-state index is 13.4. The van der Waals surface area contributed by atoms with Gasteiger partial charge in [-0.25, -0.2) is 0 Å². The number of unbranched alkanes of at least 4 members (excludes halogenated alkanes) is 1. The highest BCUT2D eigenvalue weighted by Crippen LogP contribution is 2.50. The second-order valence-electron chi connectivity index (χ2n) is 8.69. The van der Waals surface area contributed by atoms with Gasteiger partial charge in [0.2, 0.25) is 11.8 Å². The standard InChI is InChI=1S/C26H31NO3/c1-30-22-14-9-13-21(18-22)26-16-7-5-15-23(26)25(29)27(24(28)19-26)17-8-6-12-20-10-3-2-4-11-20/h2-4,9-11,13-14,18,23H,5-8,12,15-17,19H2,1H3/t23-,26+/m1/s1. The SMILES string of the molecule is COc1cccc([C@@]23CCCC[C@@H]2C(=O)N(CCCCc2ccccc2)C(=O)C3)c1. The van der Waals surface area contributed by atoms with Crippen molar-refractivity contribution in [2.75, 3.05) is 13.7 Å². The molecule has 1 heterocycles. The van der Waals surface area contributed by atoms with E-state index >= 15 is 0 Å². The van der Waals surface area contributed by atoms with Crippen LogP contribution in [0.5, 0.6) is 5.75 Å². The van der Waals surface area contributed by atoms with Gasteiger partial charge in [-0.05, 0) is 55.4 Å². The number of likely N-dealkylation sites (tertiary alicyclic amines) is 1. The van der Waals surface area contributed by atoms with Crippen molar-refractivity contribution in [1.29, 1.82) is 0 Å². The van der Waals surface area contributed by atoms with Crippen molar-refractivity contribution in [1.82, 2.24) is 4.90 Å². The summed E-state index contributed by atoms with van der Waals surface area (Å²) in [6.07, 6.45) is 7.11. The number of benzene rings is 2. The predicted octanol–water partition coefficient (Wildman–Crippen LogP) is 4.91. The van der Waals surface area contributed by atoms with Crippen LogP contribution in [0.3, 0.4) is 0 Å². The molecule has 0 bridgehead atoms. The van der Waals surface area contributed by atoms with Crippen molar-refractivity contribution in [3.05, 3.63) is 65.7 Å². The Balaban J connectivity index is 1.47. The molecular weight excluding hydrogens is 374 g/mol. The predicted molar refractivity (Wildman–Crippen MR) is 117 cm³/mol. The zero-order chi connectivity index (χ0) is 21.0. The van der Waals surface area contributed by atoms with Crippen molar-refractivity contribution in [3.63, 3.8) is 0 Å². The smallest absolute Gasteiger partial charge is 0.233 e. The molecule has 4 heteroatoms. The van der Waals surface area contributed by atoms with Gasteiger partial charge in [0.15, 0.2) is 0 Å². The molecule has 2 aliphatic rings. The third kappa shape index (κ3) is 4.00. The van der Waals surface area contributed by atoms with Gasteiger partial charge in [-0.15, -0.1) is 0 Å². The van der Waals surface area contributed by atoms with Gasteiger partial charge in [-0.1, -0.05) is 55.3 Å². The Morgan fingerprint density at radius 1 is 1.03 bits per heavy atom. The summed E-state index contributed by atoms with van der Waals surface area (Å²) in [6.45, 7) is 0.537. The van der Waals surface area contributed by atoms with Crippen molar-refractivity contribution < 1.29 is 14.3 Å². The summed E-state index contributed by atoms with van der Waals surface area (Å²) in [7, 11) is 1.66. The van der Waals surface area contributed by atoms with Crippen LogP contribution in [0.25, 0.3) is 0 Å². The van der Waals surface area contributed by atoms with E-state index in [1.165, 1.54) is 5.56 Å². The summed E-state index contributed by atoms with van der Waals surface area (Å²) in [5.74, 6) is 0.703. The summed E-state index contributed by atoms with van der Waals surface area (Å²) in [5, 5.41) is 0. The van der Waals surface area contributed by atoms with Crippen molar-refractivity contribution in [2.24, 2.45) is 5.92 Å². The molecular formula is C26H31NO3. The van der Waals surface area contributed by atoms with Crippen molar-refractivity contribution in [3.8, 4) is 5.75 Å². The molecule has 158 valence electrons. The minimum atomic E-state index is -0.374. The van der Waals surface area contributed by atoms with E-state index in [1.807, 2.05) is 36.4 Å². The molecule has 2 aromatic rings. The molecule has 2 atom stereocenters. The van der Waals surface area contributed by atoms with Gasteiger partial charge in [0.25, 0.3) is 0 Å². The molecule has 1 aliphatic heterocycles. The van der Waals surface area contributed by atoms with E-state index in [-0.39, 0.29) is 23.1 Å². The molecule has 0 aromatic heterocycles. The number of carbonyl (C=O) groups is 2. The Bertz CT molecular complexity index is 894. The highest BCUT2D eigenvalue weighted by atomic mass is 16.5.